The maximum atomic E-state index is 11.0. The molecule has 1 heterocycles. The van der Waals surface area contributed by atoms with Crippen LogP contribution in [-0.4, -0.2) is 20.6 Å². The lowest BCUT2D eigenvalue weighted by molar-refractivity contribution is 0.0697. The van der Waals surface area contributed by atoms with E-state index in [-0.39, 0.29) is 0 Å². The average molecular weight is 258 g/mol. The molecule has 1 atom stereocenters. The van der Waals surface area contributed by atoms with E-state index >= 15 is 0 Å². The number of nitrogens with zero attached hydrogens (tertiary/aromatic N) is 2. The molecule has 0 spiro atoms. The highest BCUT2D eigenvalue weighted by Crippen LogP contribution is 2.38. The highest BCUT2D eigenvalue weighted by molar-refractivity contribution is 5.92. The minimum absolute atomic E-state index is 0.299. The van der Waals surface area contributed by atoms with Gasteiger partial charge in [0, 0.05) is 6.04 Å². The third-order valence-corrected chi connectivity index (χ3v) is 3.99. The molecule has 1 aliphatic carbocycles. The summed E-state index contributed by atoms with van der Waals surface area (Å²) in [7, 11) is 0. The number of hydrogen-bond acceptors (Lipinski definition) is 2. The summed E-state index contributed by atoms with van der Waals surface area (Å²) >= 11 is 0. The molecule has 4 nitrogen and oxygen atoms in total. The van der Waals surface area contributed by atoms with E-state index < -0.39 is 5.97 Å². The van der Waals surface area contributed by atoms with Gasteiger partial charge in [0.25, 0.3) is 0 Å². The summed E-state index contributed by atoms with van der Waals surface area (Å²) in [6.07, 6.45) is 6.86. The van der Waals surface area contributed by atoms with Crippen LogP contribution in [0.25, 0.3) is 11.0 Å². The van der Waals surface area contributed by atoms with Gasteiger partial charge in [0.1, 0.15) is 0 Å². The topological polar surface area (TPSA) is 55.1 Å². The van der Waals surface area contributed by atoms with E-state index in [0.29, 0.717) is 11.6 Å². The maximum absolute atomic E-state index is 11.0. The number of benzene rings is 1. The molecule has 4 heteroatoms. The number of aromatic nitrogens is 2. The van der Waals surface area contributed by atoms with Crippen molar-refractivity contribution in [2.45, 2.75) is 38.6 Å². The van der Waals surface area contributed by atoms with Gasteiger partial charge in [0.2, 0.25) is 0 Å². The monoisotopic (exact) mass is 258 g/mol. The molecule has 0 aliphatic heterocycles. The molecule has 19 heavy (non-hydrogen) atoms. The van der Waals surface area contributed by atoms with E-state index in [1.165, 1.54) is 19.3 Å². The molecule has 1 saturated carbocycles. The summed E-state index contributed by atoms with van der Waals surface area (Å²) in [5, 5.41) is 9.00. The number of aromatic carboxylic acids is 1. The molecule has 1 aromatic heterocycles. The molecule has 1 fully saturated rings. The second kappa shape index (κ2) is 4.68. The van der Waals surface area contributed by atoms with Crippen molar-refractivity contribution in [3.63, 3.8) is 0 Å². The second-order valence-electron chi connectivity index (χ2n) is 5.40. The third-order valence-electron chi connectivity index (χ3n) is 3.99. The summed E-state index contributed by atoms with van der Waals surface area (Å²) in [5.41, 5.74) is 2.11. The average Bonchev–Trinajstić information content (AvgIpc) is 3.13. The summed E-state index contributed by atoms with van der Waals surface area (Å²) in [6, 6.07) is 5.67. The number of carbonyl (C=O) groups is 1. The zero-order chi connectivity index (χ0) is 13.4. The van der Waals surface area contributed by atoms with Crippen LogP contribution in [0.15, 0.2) is 24.5 Å². The summed E-state index contributed by atoms with van der Waals surface area (Å²) < 4.78 is 2.21. The van der Waals surface area contributed by atoms with Crippen molar-refractivity contribution in [1.29, 1.82) is 0 Å². The minimum atomic E-state index is -0.901. The second-order valence-corrected chi connectivity index (χ2v) is 5.40. The fraction of sp³-hybridized carbons (Fsp3) is 0.467. The lowest BCUT2D eigenvalue weighted by atomic mass is 10.1. The highest BCUT2D eigenvalue weighted by Gasteiger charge is 2.26. The van der Waals surface area contributed by atoms with Gasteiger partial charge in [0.05, 0.1) is 22.9 Å². The normalized spacial score (nSPS) is 16.7. The van der Waals surface area contributed by atoms with Crippen LogP contribution >= 0.6 is 0 Å². The number of carboxylic acid groups (broad SMARTS) is 1. The Labute approximate surface area is 112 Å². The zero-order valence-corrected chi connectivity index (χ0v) is 11.0. The van der Waals surface area contributed by atoms with Crippen molar-refractivity contribution < 1.29 is 9.90 Å². The van der Waals surface area contributed by atoms with E-state index in [4.69, 9.17) is 5.11 Å². The van der Waals surface area contributed by atoms with Crippen LogP contribution in [0.1, 0.15) is 49.0 Å². The largest absolute Gasteiger partial charge is 0.478 e. The summed E-state index contributed by atoms with van der Waals surface area (Å²) in [4.78, 5) is 15.3. The van der Waals surface area contributed by atoms with Crippen molar-refractivity contribution in [2.75, 3.05) is 0 Å². The van der Waals surface area contributed by atoms with Gasteiger partial charge in [-0.15, -0.1) is 0 Å². The minimum Gasteiger partial charge on any atom is -0.478 e. The van der Waals surface area contributed by atoms with Crippen LogP contribution in [-0.2, 0) is 0 Å². The smallest absolute Gasteiger partial charge is 0.335 e. The predicted octanol–water partition coefficient (Wildman–Crippen LogP) is 3.49. The Morgan fingerprint density at radius 3 is 2.95 bits per heavy atom. The van der Waals surface area contributed by atoms with Gasteiger partial charge in [-0.1, -0.05) is 19.8 Å². The fourth-order valence-electron chi connectivity index (χ4n) is 2.67. The summed E-state index contributed by atoms with van der Waals surface area (Å²) in [6.45, 7) is 2.20. The number of fused-ring (bicyclic) bond motifs is 1. The number of carboxylic acids is 1. The quantitative estimate of drug-likeness (QED) is 0.893. The molecule has 2 aromatic rings. The van der Waals surface area contributed by atoms with Gasteiger partial charge in [0.15, 0.2) is 0 Å². The van der Waals surface area contributed by atoms with Crippen molar-refractivity contribution >= 4 is 17.0 Å². The Morgan fingerprint density at radius 1 is 1.53 bits per heavy atom. The lowest BCUT2D eigenvalue weighted by Crippen LogP contribution is -2.07. The Hall–Kier alpha value is -1.84. The van der Waals surface area contributed by atoms with Crippen LogP contribution in [0.4, 0.5) is 0 Å². The molecular weight excluding hydrogens is 240 g/mol. The Balaban J connectivity index is 1.96. The molecule has 1 aliphatic rings. The van der Waals surface area contributed by atoms with Gasteiger partial charge < -0.3 is 9.67 Å². The third kappa shape index (κ3) is 2.35. The van der Waals surface area contributed by atoms with E-state index in [2.05, 4.69) is 16.5 Å². The SMILES string of the molecule is CCC(CC1CC1)n1cnc2cc(C(=O)O)ccc21. The first-order valence-electron chi connectivity index (χ1n) is 6.89. The zero-order valence-electron chi connectivity index (χ0n) is 11.0. The Morgan fingerprint density at radius 2 is 2.32 bits per heavy atom. The van der Waals surface area contributed by atoms with E-state index in [0.717, 1.165) is 23.4 Å². The first-order chi connectivity index (χ1) is 9.19. The van der Waals surface area contributed by atoms with Crippen molar-refractivity contribution in [1.82, 2.24) is 9.55 Å². The molecule has 3 rings (SSSR count). The van der Waals surface area contributed by atoms with Gasteiger partial charge in [-0.2, -0.15) is 0 Å². The predicted molar refractivity (Wildman–Crippen MR) is 73.4 cm³/mol. The van der Waals surface area contributed by atoms with Crippen molar-refractivity contribution in [2.24, 2.45) is 5.92 Å². The van der Waals surface area contributed by atoms with E-state index in [9.17, 15) is 4.79 Å². The summed E-state index contributed by atoms with van der Waals surface area (Å²) in [5.74, 6) is -0.0258. The van der Waals surface area contributed by atoms with Crippen LogP contribution in [0, 0.1) is 5.92 Å². The number of hydrogen-bond donors (Lipinski definition) is 1. The highest BCUT2D eigenvalue weighted by atomic mass is 16.4. The van der Waals surface area contributed by atoms with Crippen LogP contribution in [0.5, 0.6) is 0 Å². The molecule has 0 radical (unpaired) electrons. The molecule has 1 aromatic carbocycles. The Bertz CT molecular complexity index is 614. The maximum Gasteiger partial charge on any atom is 0.335 e. The molecule has 1 N–H and O–H groups in total. The van der Waals surface area contributed by atoms with Crippen molar-refractivity contribution in [3.8, 4) is 0 Å². The van der Waals surface area contributed by atoms with Gasteiger partial charge in [-0.3, -0.25) is 0 Å². The number of imidazole rings is 1. The fourth-order valence-corrected chi connectivity index (χ4v) is 2.67. The first-order valence-corrected chi connectivity index (χ1v) is 6.89. The number of rotatable bonds is 5. The van der Waals surface area contributed by atoms with Crippen LogP contribution < -0.4 is 0 Å². The van der Waals surface area contributed by atoms with Crippen LogP contribution in [0.3, 0.4) is 0 Å². The molecular formula is C15H18N2O2. The standard InChI is InChI=1S/C15H18N2O2/c1-2-12(7-10-3-4-10)17-9-16-13-8-11(15(18)19)5-6-14(13)17/h5-6,8-10,12H,2-4,7H2,1H3,(H,18,19). The molecule has 0 saturated heterocycles. The van der Waals surface area contributed by atoms with Crippen molar-refractivity contribution in [3.05, 3.63) is 30.1 Å². The molecule has 0 bridgehead atoms. The van der Waals surface area contributed by atoms with E-state index in [1.54, 1.807) is 12.1 Å². The molecule has 1 unspecified atom stereocenters. The first kappa shape index (κ1) is 12.2. The van der Waals surface area contributed by atoms with Gasteiger partial charge >= 0.3 is 5.97 Å². The Kier molecular flexibility index (Phi) is 3.01. The molecule has 100 valence electrons. The van der Waals surface area contributed by atoms with Crippen LogP contribution in [0.2, 0.25) is 0 Å². The van der Waals surface area contributed by atoms with Gasteiger partial charge in [-0.05, 0) is 37.0 Å². The van der Waals surface area contributed by atoms with E-state index in [1.807, 2.05) is 12.4 Å². The molecule has 0 amide bonds. The van der Waals surface area contributed by atoms with Gasteiger partial charge in [-0.25, -0.2) is 9.78 Å². The lowest BCUT2D eigenvalue weighted by Gasteiger charge is -2.17.